The van der Waals surface area contributed by atoms with Gasteiger partial charge in [0.2, 0.25) is 6.41 Å². The lowest BCUT2D eigenvalue weighted by Gasteiger charge is -2.35. The molecule has 2 aromatic rings. The topological polar surface area (TPSA) is 102 Å². The van der Waals surface area contributed by atoms with Crippen LogP contribution in [0.5, 0.6) is 0 Å². The molecule has 1 aliphatic rings. The smallest absolute Gasteiger partial charge is 0.434 e. The van der Waals surface area contributed by atoms with Crippen molar-refractivity contribution in [1.29, 1.82) is 0 Å². The Morgan fingerprint density at radius 2 is 1.85 bits per heavy atom. The largest absolute Gasteiger partial charge is 0.462 e. The van der Waals surface area contributed by atoms with Crippen molar-refractivity contribution in [3.63, 3.8) is 0 Å². The molecule has 40 heavy (non-hydrogen) atoms. The zero-order valence-electron chi connectivity index (χ0n) is 22.5. The molecule has 0 N–H and O–H groups in total. The number of ether oxygens (including phenoxy) is 2. The summed E-state index contributed by atoms with van der Waals surface area (Å²) in [4.78, 5) is 46.5. The number of pyridine rings is 2. The first kappa shape index (κ1) is 30.7. The van der Waals surface area contributed by atoms with E-state index in [2.05, 4.69) is 9.97 Å². The second kappa shape index (κ2) is 11.7. The Hall–Kier alpha value is -3.84. The van der Waals surface area contributed by atoms with Gasteiger partial charge in [-0.2, -0.15) is 13.2 Å². The Bertz CT molecular complexity index is 1270. The van der Waals surface area contributed by atoms with Crippen LogP contribution in [0.3, 0.4) is 0 Å². The number of likely N-dealkylation sites (tertiary alicyclic amines) is 1. The Balaban J connectivity index is 1.97. The van der Waals surface area contributed by atoms with Crippen molar-refractivity contribution in [1.82, 2.24) is 19.8 Å². The third-order valence-electron chi connectivity index (χ3n) is 6.08. The predicted molar refractivity (Wildman–Crippen MR) is 131 cm³/mol. The van der Waals surface area contributed by atoms with Gasteiger partial charge in [-0.1, -0.05) is 0 Å². The number of hydrogen-bond donors (Lipinski definition) is 0. The van der Waals surface area contributed by atoms with Gasteiger partial charge in [0.15, 0.2) is 5.69 Å². The fourth-order valence-corrected chi connectivity index (χ4v) is 4.22. The second-order valence-corrected chi connectivity index (χ2v) is 10.1. The van der Waals surface area contributed by atoms with Gasteiger partial charge in [-0.05, 0) is 46.8 Å². The highest BCUT2D eigenvalue weighted by Crippen LogP contribution is 2.34. The van der Waals surface area contributed by atoms with Gasteiger partial charge in [-0.25, -0.2) is 18.4 Å². The maximum atomic E-state index is 14.8. The van der Waals surface area contributed by atoms with Crippen molar-refractivity contribution in [3.05, 3.63) is 47.2 Å². The molecule has 3 atom stereocenters. The number of carbonyl (C=O) groups excluding carboxylic acids is 3. The van der Waals surface area contributed by atoms with E-state index in [4.69, 9.17) is 9.47 Å². The third kappa shape index (κ3) is 6.83. The van der Waals surface area contributed by atoms with Crippen molar-refractivity contribution in [2.24, 2.45) is 0 Å². The molecule has 218 valence electrons. The molecule has 0 radical (unpaired) electrons. The van der Waals surface area contributed by atoms with E-state index in [-0.39, 0.29) is 29.8 Å². The number of hydrogen-bond acceptors (Lipinski definition) is 7. The van der Waals surface area contributed by atoms with Crippen LogP contribution in [-0.2, 0) is 27.0 Å². The van der Waals surface area contributed by atoms with Gasteiger partial charge >= 0.3 is 18.2 Å². The van der Waals surface area contributed by atoms with E-state index in [1.165, 1.54) is 13.8 Å². The lowest BCUT2D eigenvalue weighted by Crippen LogP contribution is -2.50. The zero-order chi connectivity index (χ0) is 30.0. The zero-order valence-corrected chi connectivity index (χ0v) is 22.5. The monoisotopic (exact) mass is 572 g/mol. The summed E-state index contributed by atoms with van der Waals surface area (Å²) < 4.78 is 79.9. The molecule has 2 aromatic heterocycles. The molecular weight excluding hydrogens is 543 g/mol. The Morgan fingerprint density at radius 3 is 2.42 bits per heavy atom. The Kier molecular flexibility index (Phi) is 9.00. The number of rotatable bonds is 7. The Morgan fingerprint density at radius 1 is 1.18 bits per heavy atom. The van der Waals surface area contributed by atoms with Crippen LogP contribution in [0.2, 0.25) is 0 Å². The number of alkyl halides is 4. The highest BCUT2D eigenvalue weighted by atomic mass is 19.4. The maximum Gasteiger partial charge on any atom is 0.434 e. The Labute approximate surface area is 227 Å². The van der Waals surface area contributed by atoms with Crippen LogP contribution >= 0.6 is 0 Å². The quantitative estimate of drug-likeness (QED) is 0.258. The maximum absolute atomic E-state index is 14.8. The second-order valence-electron chi connectivity index (χ2n) is 10.1. The first-order chi connectivity index (χ1) is 18.6. The van der Waals surface area contributed by atoms with Crippen LogP contribution in [0, 0.1) is 5.82 Å². The van der Waals surface area contributed by atoms with E-state index < -0.39 is 65.8 Å². The van der Waals surface area contributed by atoms with Gasteiger partial charge in [0.25, 0.3) is 0 Å². The minimum absolute atomic E-state index is 0.0522. The summed E-state index contributed by atoms with van der Waals surface area (Å²) in [7, 11) is 0. The molecule has 3 rings (SSSR count). The molecule has 2 amide bonds. The average Bonchev–Trinajstić information content (AvgIpc) is 3.15. The van der Waals surface area contributed by atoms with Crippen LogP contribution < -0.4 is 0 Å². The molecular formula is C26H29F5N4O5. The molecule has 0 unspecified atom stereocenters. The fraction of sp³-hybridized carbons (Fsp3) is 0.500. The fourth-order valence-electron chi connectivity index (χ4n) is 4.22. The highest BCUT2D eigenvalue weighted by molar-refractivity contribution is 5.92. The van der Waals surface area contributed by atoms with Crippen LogP contribution in [0.15, 0.2) is 24.5 Å². The highest BCUT2D eigenvalue weighted by Gasteiger charge is 2.46. The minimum atomic E-state index is -4.95. The molecule has 0 bridgehead atoms. The van der Waals surface area contributed by atoms with Crippen molar-refractivity contribution < 1.29 is 45.8 Å². The van der Waals surface area contributed by atoms with Crippen LogP contribution in [-0.4, -0.2) is 68.8 Å². The predicted octanol–water partition coefficient (Wildman–Crippen LogP) is 5.13. The summed E-state index contributed by atoms with van der Waals surface area (Å²) in [5.41, 5.74) is -3.44. The normalized spacial score (nSPS) is 19.4. The molecule has 1 fully saturated rings. The molecule has 0 spiro atoms. The van der Waals surface area contributed by atoms with Crippen LogP contribution in [0.25, 0.3) is 11.3 Å². The van der Waals surface area contributed by atoms with E-state index in [9.17, 15) is 36.3 Å². The number of nitrogens with zero attached hydrogens (tertiary/aromatic N) is 4. The number of halogens is 5. The van der Waals surface area contributed by atoms with E-state index >= 15 is 0 Å². The standard InChI is InChI=1S/C26H29F5N4O5/c1-6-39-23(37)17-7-15(10-33-22(17)26(29,30)31)20-8-16(19(28)11-32-20)12-34(13-36)21-9-18(27)14(2)35(21)24(38)40-25(3,4)5/h7-8,10-11,13-14,18,21H,6,9,12H2,1-5H3/t14-,18+,21-/m0/s1. The molecule has 3 heterocycles. The molecule has 1 aliphatic heterocycles. The van der Waals surface area contributed by atoms with Gasteiger partial charge < -0.3 is 14.4 Å². The van der Waals surface area contributed by atoms with Crippen molar-refractivity contribution in [3.8, 4) is 11.3 Å². The number of carbonyl (C=O) groups is 3. The average molecular weight is 573 g/mol. The van der Waals surface area contributed by atoms with Gasteiger partial charge in [0, 0.05) is 23.7 Å². The van der Waals surface area contributed by atoms with Gasteiger partial charge in [0.05, 0.1) is 36.6 Å². The van der Waals surface area contributed by atoms with Gasteiger partial charge in [-0.15, -0.1) is 0 Å². The summed E-state index contributed by atoms with van der Waals surface area (Å²) >= 11 is 0. The van der Waals surface area contributed by atoms with Crippen molar-refractivity contribution >= 4 is 18.5 Å². The summed E-state index contributed by atoms with van der Waals surface area (Å²) in [6, 6.07) is 1.11. The summed E-state index contributed by atoms with van der Waals surface area (Å²) in [6.45, 7) is 7.15. The van der Waals surface area contributed by atoms with Crippen molar-refractivity contribution in [2.45, 2.75) is 77.7 Å². The first-order valence-electron chi connectivity index (χ1n) is 12.3. The molecule has 0 saturated carbocycles. The third-order valence-corrected chi connectivity index (χ3v) is 6.08. The molecule has 9 nitrogen and oxygen atoms in total. The molecule has 0 aromatic carbocycles. The molecule has 0 aliphatic carbocycles. The number of esters is 1. The van der Waals surface area contributed by atoms with Gasteiger partial charge in [-0.3, -0.25) is 19.7 Å². The van der Waals surface area contributed by atoms with E-state index in [1.54, 1.807) is 20.8 Å². The van der Waals surface area contributed by atoms with E-state index in [0.717, 1.165) is 34.3 Å². The first-order valence-corrected chi connectivity index (χ1v) is 12.3. The van der Waals surface area contributed by atoms with Crippen LogP contribution in [0.1, 0.15) is 62.7 Å². The lowest BCUT2D eigenvalue weighted by atomic mass is 10.1. The van der Waals surface area contributed by atoms with E-state index in [1.807, 2.05) is 0 Å². The van der Waals surface area contributed by atoms with Gasteiger partial charge in [0.1, 0.15) is 23.8 Å². The molecule has 1 saturated heterocycles. The summed E-state index contributed by atoms with van der Waals surface area (Å²) in [6.07, 6.45) is -6.68. The van der Waals surface area contributed by atoms with Crippen LogP contribution in [0.4, 0.5) is 26.7 Å². The lowest BCUT2D eigenvalue weighted by molar-refractivity contribution is -0.141. The SMILES string of the molecule is CCOC(=O)c1cc(-c2cc(CN(C=O)[C@@H]3C[C@@H](F)[C@H](C)N3C(=O)OC(C)(C)C)c(F)cn2)cnc1C(F)(F)F. The van der Waals surface area contributed by atoms with Crippen molar-refractivity contribution in [2.75, 3.05) is 6.61 Å². The molecule has 14 heteroatoms. The number of amides is 2. The minimum Gasteiger partial charge on any atom is -0.462 e. The number of aromatic nitrogens is 2. The van der Waals surface area contributed by atoms with E-state index in [0.29, 0.717) is 6.41 Å². The summed E-state index contributed by atoms with van der Waals surface area (Å²) in [5, 5.41) is 0. The summed E-state index contributed by atoms with van der Waals surface area (Å²) in [5.74, 6) is -2.12.